The Morgan fingerprint density at radius 1 is 0.889 bits per heavy atom. The number of ether oxygens (including phenoxy) is 1. The Kier molecular flexibility index (Phi) is 7.70. The molecular weight excluding hydrogens is 471 g/mol. The van der Waals surface area contributed by atoms with Gasteiger partial charge in [0.25, 0.3) is 11.8 Å². The highest BCUT2D eigenvalue weighted by atomic mass is 19.2. The summed E-state index contributed by atoms with van der Waals surface area (Å²) in [6.07, 6.45) is 0.552. The number of carbonyl (C=O) groups is 2. The van der Waals surface area contributed by atoms with Crippen LogP contribution in [0.15, 0.2) is 18.2 Å². The zero-order chi connectivity index (χ0) is 26.1. The molecule has 36 heavy (non-hydrogen) atoms. The third-order valence-corrected chi connectivity index (χ3v) is 6.78. The normalized spacial score (nSPS) is 16.4. The Bertz CT molecular complexity index is 1150. The summed E-state index contributed by atoms with van der Waals surface area (Å²) in [5.74, 6) is -6.45. The lowest BCUT2D eigenvalue weighted by molar-refractivity contribution is 0.0378. The molecule has 1 fully saturated rings. The first-order chi connectivity index (χ1) is 17.1. The van der Waals surface area contributed by atoms with E-state index in [1.165, 1.54) is 0 Å². The van der Waals surface area contributed by atoms with Crippen LogP contribution in [0.4, 0.5) is 24.5 Å². The van der Waals surface area contributed by atoms with Gasteiger partial charge in [0.05, 0.1) is 30.0 Å². The molecule has 0 radical (unpaired) electrons. The van der Waals surface area contributed by atoms with Crippen LogP contribution < -0.4 is 10.2 Å². The van der Waals surface area contributed by atoms with Crippen molar-refractivity contribution in [2.24, 2.45) is 0 Å². The van der Waals surface area contributed by atoms with Gasteiger partial charge in [0.15, 0.2) is 17.5 Å². The number of amides is 2. The van der Waals surface area contributed by atoms with Crippen LogP contribution >= 0.6 is 0 Å². The summed E-state index contributed by atoms with van der Waals surface area (Å²) < 4.78 is 51.0. The van der Waals surface area contributed by atoms with Crippen LogP contribution in [0.25, 0.3) is 0 Å². The zero-order valence-corrected chi connectivity index (χ0v) is 21.1. The van der Waals surface area contributed by atoms with Crippen molar-refractivity contribution in [3.63, 3.8) is 0 Å². The molecule has 6 nitrogen and oxygen atoms in total. The van der Waals surface area contributed by atoms with Crippen LogP contribution in [0.5, 0.6) is 0 Å². The average Bonchev–Trinajstić information content (AvgIpc) is 3.12. The first-order valence-corrected chi connectivity index (χ1v) is 12.4. The third-order valence-electron chi connectivity index (χ3n) is 6.78. The van der Waals surface area contributed by atoms with E-state index in [2.05, 4.69) is 10.2 Å². The van der Waals surface area contributed by atoms with E-state index in [1.54, 1.807) is 12.1 Å². The molecule has 2 aromatic carbocycles. The lowest BCUT2D eigenvalue weighted by atomic mass is 9.92. The van der Waals surface area contributed by atoms with Gasteiger partial charge >= 0.3 is 0 Å². The second-order valence-electron chi connectivity index (χ2n) is 9.84. The molecule has 4 rings (SSSR count). The van der Waals surface area contributed by atoms with Crippen LogP contribution in [0, 0.1) is 17.5 Å². The number of hydrogen-bond acceptors (Lipinski definition) is 5. The molecule has 194 valence electrons. The smallest absolute Gasteiger partial charge is 0.269 e. The molecule has 1 N–H and O–H groups in total. The van der Waals surface area contributed by atoms with E-state index in [9.17, 15) is 14.0 Å². The maximum atomic E-state index is 15.5. The van der Waals surface area contributed by atoms with Crippen molar-refractivity contribution >= 4 is 23.2 Å². The van der Waals surface area contributed by atoms with Crippen molar-refractivity contribution in [2.75, 3.05) is 49.6 Å². The number of benzene rings is 2. The molecule has 9 heteroatoms. The molecule has 0 atom stereocenters. The number of para-hydroxylation sites is 1. The monoisotopic (exact) mass is 503 g/mol. The molecule has 2 heterocycles. The second kappa shape index (κ2) is 10.6. The van der Waals surface area contributed by atoms with Crippen LogP contribution in [0.1, 0.15) is 77.8 Å². The number of hydrogen-bond donors (Lipinski definition) is 1. The Balaban J connectivity index is 1.67. The fourth-order valence-electron chi connectivity index (χ4n) is 4.85. The summed E-state index contributed by atoms with van der Waals surface area (Å²) in [6.45, 7) is 11.3. The van der Waals surface area contributed by atoms with E-state index in [-0.39, 0.29) is 18.4 Å². The summed E-state index contributed by atoms with van der Waals surface area (Å²) in [4.78, 5) is 29.8. The van der Waals surface area contributed by atoms with Gasteiger partial charge in [-0.15, -0.1) is 0 Å². The summed E-state index contributed by atoms with van der Waals surface area (Å²) >= 11 is 0. The van der Waals surface area contributed by atoms with Crippen LogP contribution in [-0.4, -0.2) is 56.1 Å². The Labute approximate surface area is 209 Å². The number of imide groups is 1. The first kappa shape index (κ1) is 26.2. The third kappa shape index (κ3) is 4.62. The maximum absolute atomic E-state index is 15.5. The highest BCUT2D eigenvalue weighted by Crippen LogP contribution is 2.42. The Morgan fingerprint density at radius 3 is 2.00 bits per heavy atom. The van der Waals surface area contributed by atoms with Gasteiger partial charge in [-0.05, 0) is 35.9 Å². The molecule has 2 aliphatic rings. The number of morpholine rings is 1. The number of rotatable bonds is 8. The number of fused-ring (bicyclic) bond motifs is 1. The van der Waals surface area contributed by atoms with E-state index >= 15 is 8.78 Å². The van der Waals surface area contributed by atoms with Crippen molar-refractivity contribution in [3.05, 3.63) is 57.9 Å². The van der Waals surface area contributed by atoms with Gasteiger partial charge in [-0.1, -0.05) is 45.9 Å². The molecule has 0 bridgehead atoms. The molecule has 1 saturated heterocycles. The van der Waals surface area contributed by atoms with Crippen LogP contribution in [0.2, 0.25) is 0 Å². The Morgan fingerprint density at radius 2 is 1.44 bits per heavy atom. The topological polar surface area (TPSA) is 61.9 Å². The van der Waals surface area contributed by atoms with Crippen molar-refractivity contribution in [3.8, 4) is 0 Å². The van der Waals surface area contributed by atoms with Gasteiger partial charge in [-0.2, -0.15) is 0 Å². The predicted octanol–water partition coefficient (Wildman–Crippen LogP) is 5.29. The van der Waals surface area contributed by atoms with Crippen molar-refractivity contribution in [2.45, 2.75) is 46.0 Å². The number of anilines is 2. The molecule has 2 amide bonds. The largest absolute Gasteiger partial charge is 0.380 e. The number of nitrogens with zero attached hydrogens (tertiary/aromatic N) is 2. The maximum Gasteiger partial charge on any atom is 0.269 e. The number of nitrogens with one attached hydrogen (secondary N) is 1. The lowest BCUT2D eigenvalue weighted by Gasteiger charge is -2.26. The molecule has 2 aliphatic heterocycles. The molecule has 0 spiro atoms. The predicted molar refractivity (Wildman–Crippen MR) is 132 cm³/mol. The zero-order valence-electron chi connectivity index (χ0n) is 21.1. The van der Waals surface area contributed by atoms with Gasteiger partial charge in [-0.25, -0.2) is 18.1 Å². The van der Waals surface area contributed by atoms with Crippen molar-refractivity contribution < 1.29 is 27.5 Å². The quantitative estimate of drug-likeness (QED) is 0.302. The summed E-state index contributed by atoms with van der Waals surface area (Å²) in [6, 6.07) is 5.39. The molecule has 0 aliphatic carbocycles. The fraction of sp³-hybridized carbons (Fsp3) is 0.481. The van der Waals surface area contributed by atoms with E-state index < -0.39 is 46.1 Å². The highest BCUT2D eigenvalue weighted by Gasteiger charge is 2.46. The molecule has 0 aromatic heterocycles. The number of carbonyl (C=O) groups excluding carboxylic acids is 2. The lowest BCUT2D eigenvalue weighted by Crippen LogP contribution is -2.37. The van der Waals surface area contributed by atoms with Crippen molar-refractivity contribution in [1.82, 2.24) is 4.90 Å². The van der Waals surface area contributed by atoms with Gasteiger partial charge in [-0.3, -0.25) is 14.5 Å². The van der Waals surface area contributed by atoms with Crippen molar-refractivity contribution in [1.29, 1.82) is 0 Å². The van der Waals surface area contributed by atoms with Gasteiger partial charge in [0, 0.05) is 19.6 Å². The Hall–Kier alpha value is -2.91. The van der Waals surface area contributed by atoms with Crippen LogP contribution in [0.3, 0.4) is 0 Å². The highest BCUT2D eigenvalue weighted by molar-refractivity contribution is 6.35. The fourth-order valence-corrected chi connectivity index (χ4v) is 4.85. The molecular formula is C27H32F3N3O3. The van der Waals surface area contributed by atoms with E-state index in [0.29, 0.717) is 43.0 Å². The minimum atomic E-state index is -1.52. The summed E-state index contributed by atoms with van der Waals surface area (Å²) in [5, 5.41) is 2.61. The molecule has 0 saturated carbocycles. The minimum absolute atomic E-state index is 0.0712. The minimum Gasteiger partial charge on any atom is -0.380 e. The molecule has 0 unspecified atom stereocenters. The first-order valence-electron chi connectivity index (χ1n) is 12.4. The second-order valence-corrected chi connectivity index (χ2v) is 9.84. The van der Waals surface area contributed by atoms with E-state index in [1.807, 2.05) is 33.8 Å². The summed E-state index contributed by atoms with van der Waals surface area (Å²) in [5.41, 5.74) is -0.618. The van der Waals surface area contributed by atoms with E-state index in [0.717, 1.165) is 18.0 Å². The standard InChI is InChI=1S/C27H32F3N3O3/c1-15(2)17-7-5-8-18(16(3)4)25(17)33-26(34)19-20(27(33)35)22(29)24(23(30)21(19)28)31-9-6-10-32-11-13-36-14-12-32/h5,7-8,15-16,31H,6,9-14H2,1-4H3. The number of halogens is 3. The SMILES string of the molecule is CC(C)c1cccc(C(C)C)c1N1C(=O)c2c(F)c(F)c(NCCCN3CCOCC3)c(F)c2C1=O. The van der Waals surface area contributed by atoms with Gasteiger partial charge < -0.3 is 10.1 Å². The average molecular weight is 504 g/mol. The van der Waals surface area contributed by atoms with Crippen LogP contribution in [-0.2, 0) is 4.74 Å². The summed E-state index contributed by atoms with van der Waals surface area (Å²) in [7, 11) is 0. The van der Waals surface area contributed by atoms with Gasteiger partial charge in [0.2, 0.25) is 0 Å². The van der Waals surface area contributed by atoms with Gasteiger partial charge in [0.1, 0.15) is 5.69 Å². The van der Waals surface area contributed by atoms with E-state index in [4.69, 9.17) is 4.74 Å². The molecule has 2 aromatic rings.